The first-order valence-corrected chi connectivity index (χ1v) is 7.92. The molecule has 1 N–H and O–H groups in total. The smallest absolute Gasteiger partial charge is 0.325 e. The van der Waals surface area contributed by atoms with Crippen molar-refractivity contribution in [2.45, 2.75) is 0 Å². The Hall–Kier alpha value is -2.41. The van der Waals surface area contributed by atoms with Crippen LogP contribution in [0.25, 0.3) is 0 Å². The normalized spacial score (nSPS) is 10.1. The van der Waals surface area contributed by atoms with Gasteiger partial charge in [0.25, 0.3) is 5.91 Å². The zero-order valence-electron chi connectivity index (χ0n) is 12.6. The lowest BCUT2D eigenvalue weighted by atomic mass is 10.2. The molecule has 2 aromatic rings. The largest absolute Gasteiger partial charge is 0.487 e. The molecule has 2 rings (SSSR count). The number of nitrogens with one attached hydrogen (secondary N) is 1. The van der Waals surface area contributed by atoms with Crippen LogP contribution >= 0.6 is 15.9 Å². The van der Waals surface area contributed by atoms with Gasteiger partial charge in [0.05, 0.1) is 0 Å². The van der Waals surface area contributed by atoms with E-state index < -0.39 is 11.8 Å². The van der Waals surface area contributed by atoms with Crippen LogP contribution in [0.15, 0.2) is 53.0 Å². The minimum Gasteiger partial charge on any atom is -0.487 e. The molecule has 24 heavy (non-hydrogen) atoms. The summed E-state index contributed by atoms with van der Waals surface area (Å²) < 4.78 is 24.2. The van der Waals surface area contributed by atoms with E-state index in [-0.39, 0.29) is 31.4 Å². The van der Waals surface area contributed by atoms with Crippen molar-refractivity contribution in [2.75, 3.05) is 19.8 Å². The van der Waals surface area contributed by atoms with Crippen LogP contribution in [-0.4, -0.2) is 31.6 Å². The topological polar surface area (TPSA) is 64.6 Å². The van der Waals surface area contributed by atoms with Crippen LogP contribution in [0.1, 0.15) is 10.4 Å². The Morgan fingerprint density at radius 2 is 1.75 bits per heavy atom. The molecule has 0 saturated carbocycles. The van der Waals surface area contributed by atoms with E-state index in [1.165, 1.54) is 12.1 Å². The Labute approximate surface area is 146 Å². The number of para-hydroxylation sites is 1. The lowest BCUT2D eigenvalue weighted by Crippen LogP contribution is -2.31. The molecule has 0 aromatic heterocycles. The van der Waals surface area contributed by atoms with Gasteiger partial charge < -0.3 is 14.8 Å². The van der Waals surface area contributed by atoms with E-state index in [4.69, 9.17) is 9.47 Å². The third kappa shape index (κ3) is 5.66. The quantitative estimate of drug-likeness (QED) is 0.578. The molecule has 0 fully saturated rings. The Bertz CT molecular complexity index is 706. The predicted octanol–water partition coefficient (Wildman–Crippen LogP) is 2.94. The van der Waals surface area contributed by atoms with Crippen molar-refractivity contribution in [3.8, 4) is 5.75 Å². The van der Waals surface area contributed by atoms with Crippen LogP contribution in [0.3, 0.4) is 0 Å². The standard InChI is InChI=1S/C17H15BrFNO4/c18-13-7-5-12(6-8-13)17(22)20-11-16(21)24-10-9-23-15-4-2-1-3-14(15)19/h1-8H,9-11H2,(H,20,22). The number of carbonyl (C=O) groups excluding carboxylic acids is 2. The molecule has 0 bridgehead atoms. The molecule has 0 heterocycles. The first-order valence-electron chi connectivity index (χ1n) is 7.13. The van der Waals surface area contributed by atoms with Crippen LogP contribution in [0.4, 0.5) is 4.39 Å². The second-order valence-electron chi connectivity index (χ2n) is 4.69. The van der Waals surface area contributed by atoms with Gasteiger partial charge in [-0.25, -0.2) is 4.39 Å². The second-order valence-corrected chi connectivity index (χ2v) is 5.60. The molecule has 0 radical (unpaired) electrons. The molecule has 0 aliphatic heterocycles. The van der Waals surface area contributed by atoms with E-state index in [1.54, 1.807) is 36.4 Å². The highest BCUT2D eigenvalue weighted by atomic mass is 79.9. The molecule has 126 valence electrons. The molecule has 0 unspecified atom stereocenters. The summed E-state index contributed by atoms with van der Waals surface area (Å²) in [6, 6.07) is 12.7. The maximum atomic E-state index is 13.3. The average molecular weight is 396 g/mol. The SMILES string of the molecule is O=C(CNC(=O)c1ccc(Br)cc1)OCCOc1ccccc1F. The fourth-order valence-corrected chi connectivity index (χ4v) is 2.04. The van der Waals surface area contributed by atoms with Gasteiger partial charge in [-0.05, 0) is 36.4 Å². The third-order valence-corrected chi connectivity index (χ3v) is 3.47. The zero-order chi connectivity index (χ0) is 17.4. The summed E-state index contributed by atoms with van der Waals surface area (Å²) in [4.78, 5) is 23.3. The molecule has 0 aliphatic carbocycles. The van der Waals surface area contributed by atoms with Crippen molar-refractivity contribution in [1.82, 2.24) is 5.32 Å². The summed E-state index contributed by atoms with van der Waals surface area (Å²) in [6.07, 6.45) is 0. The molecule has 5 nitrogen and oxygen atoms in total. The maximum absolute atomic E-state index is 13.3. The van der Waals surface area contributed by atoms with Gasteiger partial charge in [0.2, 0.25) is 0 Å². The van der Waals surface area contributed by atoms with Crippen molar-refractivity contribution in [1.29, 1.82) is 0 Å². The highest BCUT2D eigenvalue weighted by molar-refractivity contribution is 9.10. The summed E-state index contributed by atoms with van der Waals surface area (Å²) in [5, 5.41) is 2.46. The molecular weight excluding hydrogens is 381 g/mol. The van der Waals surface area contributed by atoms with Crippen LogP contribution in [-0.2, 0) is 9.53 Å². The average Bonchev–Trinajstić information content (AvgIpc) is 2.58. The van der Waals surface area contributed by atoms with E-state index in [0.29, 0.717) is 5.56 Å². The monoisotopic (exact) mass is 395 g/mol. The van der Waals surface area contributed by atoms with Gasteiger partial charge in [0.15, 0.2) is 11.6 Å². The summed E-state index contributed by atoms with van der Waals surface area (Å²) in [5.41, 5.74) is 0.439. The number of hydrogen-bond acceptors (Lipinski definition) is 4. The van der Waals surface area contributed by atoms with Crippen LogP contribution in [0.5, 0.6) is 5.75 Å². The fourth-order valence-electron chi connectivity index (χ4n) is 1.78. The number of benzene rings is 2. The van der Waals surface area contributed by atoms with E-state index in [1.807, 2.05) is 0 Å². The van der Waals surface area contributed by atoms with E-state index >= 15 is 0 Å². The van der Waals surface area contributed by atoms with Gasteiger partial charge in [0, 0.05) is 10.0 Å². The Morgan fingerprint density at radius 3 is 2.46 bits per heavy atom. The lowest BCUT2D eigenvalue weighted by Gasteiger charge is -2.08. The molecule has 0 saturated heterocycles. The van der Waals surface area contributed by atoms with Crippen molar-refractivity contribution in [2.24, 2.45) is 0 Å². The number of esters is 1. The molecule has 1 amide bonds. The van der Waals surface area contributed by atoms with Crippen molar-refractivity contribution >= 4 is 27.8 Å². The van der Waals surface area contributed by atoms with Gasteiger partial charge in [-0.15, -0.1) is 0 Å². The number of amides is 1. The molecule has 0 spiro atoms. The Balaban J connectivity index is 1.65. The number of ether oxygens (including phenoxy) is 2. The van der Waals surface area contributed by atoms with Gasteiger partial charge in [-0.2, -0.15) is 0 Å². The minimum atomic E-state index is -0.599. The van der Waals surface area contributed by atoms with E-state index in [2.05, 4.69) is 21.2 Å². The molecule has 7 heteroatoms. The zero-order valence-corrected chi connectivity index (χ0v) is 14.2. The van der Waals surface area contributed by atoms with Gasteiger partial charge in [0.1, 0.15) is 19.8 Å². The first kappa shape index (κ1) is 17.9. The number of halogens is 2. The summed E-state index contributed by atoms with van der Waals surface area (Å²) in [5.74, 6) is -1.36. The fraction of sp³-hybridized carbons (Fsp3) is 0.176. The van der Waals surface area contributed by atoms with Gasteiger partial charge >= 0.3 is 5.97 Å². The van der Waals surface area contributed by atoms with Crippen molar-refractivity contribution in [3.63, 3.8) is 0 Å². The highest BCUT2D eigenvalue weighted by Crippen LogP contribution is 2.14. The number of carbonyl (C=O) groups is 2. The van der Waals surface area contributed by atoms with E-state index in [0.717, 1.165) is 4.47 Å². The molecule has 0 aliphatic rings. The second kappa shape index (κ2) is 9.02. The van der Waals surface area contributed by atoms with Gasteiger partial charge in [-0.1, -0.05) is 28.1 Å². The highest BCUT2D eigenvalue weighted by Gasteiger charge is 2.09. The van der Waals surface area contributed by atoms with Crippen LogP contribution < -0.4 is 10.1 Å². The first-order chi connectivity index (χ1) is 11.6. The van der Waals surface area contributed by atoms with Crippen molar-refractivity contribution < 1.29 is 23.5 Å². The lowest BCUT2D eigenvalue weighted by molar-refractivity contribution is -0.143. The minimum absolute atomic E-state index is 0.0212. The van der Waals surface area contributed by atoms with Crippen molar-refractivity contribution in [3.05, 3.63) is 64.4 Å². The number of rotatable bonds is 7. The molecular formula is C17H15BrFNO4. The Morgan fingerprint density at radius 1 is 1.04 bits per heavy atom. The predicted molar refractivity (Wildman–Crippen MR) is 89.3 cm³/mol. The Kier molecular flexibility index (Phi) is 6.74. The van der Waals surface area contributed by atoms with E-state index in [9.17, 15) is 14.0 Å². The summed E-state index contributed by atoms with van der Waals surface area (Å²) >= 11 is 3.27. The maximum Gasteiger partial charge on any atom is 0.325 e. The third-order valence-electron chi connectivity index (χ3n) is 2.94. The molecule has 0 atom stereocenters. The summed E-state index contributed by atoms with van der Waals surface area (Å²) in [6.45, 7) is -0.275. The molecule has 2 aromatic carbocycles. The van der Waals surface area contributed by atoms with Gasteiger partial charge in [-0.3, -0.25) is 9.59 Å². The van der Waals surface area contributed by atoms with Crippen LogP contribution in [0.2, 0.25) is 0 Å². The number of hydrogen-bond donors (Lipinski definition) is 1. The van der Waals surface area contributed by atoms with Crippen LogP contribution in [0, 0.1) is 5.82 Å². The summed E-state index contributed by atoms with van der Waals surface area (Å²) in [7, 11) is 0.